The van der Waals surface area contributed by atoms with Crippen LogP contribution in [0, 0.1) is 6.07 Å². The second-order valence-corrected chi connectivity index (χ2v) is 2.69. The molecular weight excluding hydrogens is 164 g/mol. The highest BCUT2D eigenvalue weighted by Gasteiger charge is 2.01. The molecule has 13 heavy (non-hydrogen) atoms. The summed E-state index contributed by atoms with van der Waals surface area (Å²) in [6, 6.07) is 9.76. The molecule has 0 aliphatic rings. The smallest absolute Gasteiger partial charge is 0.251 e. The van der Waals surface area contributed by atoms with Gasteiger partial charge in [0.05, 0.1) is 0 Å². The second kappa shape index (κ2) is 5.32. The molecule has 0 atom stereocenters. The van der Waals surface area contributed by atoms with Crippen LogP contribution < -0.4 is 11.1 Å². The van der Waals surface area contributed by atoms with Crippen molar-refractivity contribution in [3.05, 3.63) is 35.9 Å². The minimum absolute atomic E-state index is 0.0533. The Morgan fingerprint density at radius 2 is 2.15 bits per heavy atom. The monoisotopic (exact) mass is 177 g/mol. The lowest BCUT2D eigenvalue weighted by Crippen LogP contribution is -2.25. The van der Waals surface area contributed by atoms with E-state index in [0.717, 1.165) is 6.42 Å². The normalized spacial score (nSPS) is 9.62. The first-order valence-electron chi connectivity index (χ1n) is 4.29. The number of carbonyl (C=O) groups excluding carboxylic acids is 1. The fourth-order valence-corrected chi connectivity index (χ4v) is 0.944. The zero-order chi connectivity index (χ0) is 9.52. The van der Waals surface area contributed by atoms with Gasteiger partial charge in [0.1, 0.15) is 0 Å². The standard InChI is InChI=1S/C10H13N2O/c11-7-4-8-12-10(13)9-5-2-1-3-6-9/h2-3,5-6H,4,7-8,11H2,(H,12,13). The van der Waals surface area contributed by atoms with Crippen molar-refractivity contribution in [2.45, 2.75) is 6.42 Å². The molecule has 0 bridgehead atoms. The molecule has 0 spiro atoms. The van der Waals surface area contributed by atoms with E-state index in [1.165, 1.54) is 0 Å². The Labute approximate surface area is 77.9 Å². The van der Waals surface area contributed by atoms with Crippen LogP contribution in [0.2, 0.25) is 0 Å². The van der Waals surface area contributed by atoms with Gasteiger partial charge in [-0.1, -0.05) is 12.1 Å². The summed E-state index contributed by atoms with van der Waals surface area (Å²) in [4.78, 5) is 11.4. The summed E-state index contributed by atoms with van der Waals surface area (Å²) >= 11 is 0. The maximum absolute atomic E-state index is 11.4. The van der Waals surface area contributed by atoms with E-state index >= 15 is 0 Å². The highest BCUT2D eigenvalue weighted by atomic mass is 16.1. The summed E-state index contributed by atoms with van der Waals surface area (Å²) in [6.07, 6.45) is 0.810. The van der Waals surface area contributed by atoms with Crippen LogP contribution in [-0.2, 0) is 0 Å². The number of hydrogen-bond acceptors (Lipinski definition) is 2. The van der Waals surface area contributed by atoms with Crippen molar-refractivity contribution in [1.29, 1.82) is 0 Å². The Balaban J connectivity index is 2.40. The Hall–Kier alpha value is -1.35. The van der Waals surface area contributed by atoms with Crippen molar-refractivity contribution < 1.29 is 4.79 Å². The molecule has 0 aliphatic heterocycles. The molecule has 0 aliphatic carbocycles. The molecular formula is C10H13N2O. The van der Waals surface area contributed by atoms with Gasteiger partial charge < -0.3 is 11.1 Å². The molecule has 1 aromatic rings. The Bertz CT molecular complexity index is 259. The van der Waals surface area contributed by atoms with E-state index in [1.807, 2.05) is 0 Å². The number of carbonyl (C=O) groups is 1. The molecule has 3 N–H and O–H groups in total. The molecule has 69 valence electrons. The van der Waals surface area contributed by atoms with Crippen LogP contribution in [0.5, 0.6) is 0 Å². The van der Waals surface area contributed by atoms with Crippen molar-refractivity contribution in [2.75, 3.05) is 13.1 Å². The molecule has 1 radical (unpaired) electrons. The van der Waals surface area contributed by atoms with Crippen LogP contribution in [0.4, 0.5) is 0 Å². The van der Waals surface area contributed by atoms with Gasteiger partial charge in [0.2, 0.25) is 0 Å². The average Bonchev–Trinajstić information content (AvgIpc) is 2.19. The number of amides is 1. The third-order valence-electron chi connectivity index (χ3n) is 1.65. The Morgan fingerprint density at radius 1 is 1.46 bits per heavy atom. The highest BCUT2D eigenvalue weighted by Crippen LogP contribution is 1.96. The molecule has 0 fully saturated rings. The molecule has 0 saturated carbocycles. The van der Waals surface area contributed by atoms with Crippen LogP contribution in [0.1, 0.15) is 16.8 Å². The largest absolute Gasteiger partial charge is 0.352 e. The number of benzene rings is 1. The Morgan fingerprint density at radius 3 is 2.77 bits per heavy atom. The lowest BCUT2D eigenvalue weighted by Gasteiger charge is -2.02. The predicted molar refractivity (Wildman–Crippen MR) is 51.3 cm³/mol. The third-order valence-corrected chi connectivity index (χ3v) is 1.65. The van der Waals surface area contributed by atoms with Crippen molar-refractivity contribution in [3.8, 4) is 0 Å². The van der Waals surface area contributed by atoms with E-state index in [2.05, 4.69) is 11.4 Å². The molecule has 0 heterocycles. The number of nitrogens with two attached hydrogens (primary N) is 1. The number of nitrogens with one attached hydrogen (secondary N) is 1. The van der Waals surface area contributed by atoms with Crippen LogP contribution >= 0.6 is 0 Å². The van der Waals surface area contributed by atoms with Gasteiger partial charge in [-0.25, -0.2) is 0 Å². The van der Waals surface area contributed by atoms with Crippen molar-refractivity contribution in [3.63, 3.8) is 0 Å². The van der Waals surface area contributed by atoms with Gasteiger partial charge in [-0.2, -0.15) is 0 Å². The van der Waals surface area contributed by atoms with Gasteiger partial charge in [-0.15, -0.1) is 0 Å². The fourth-order valence-electron chi connectivity index (χ4n) is 0.944. The molecule has 1 amide bonds. The van der Waals surface area contributed by atoms with Gasteiger partial charge in [0.25, 0.3) is 5.91 Å². The predicted octanol–water partition coefficient (Wildman–Crippen LogP) is 0.565. The zero-order valence-electron chi connectivity index (χ0n) is 7.42. The molecule has 3 nitrogen and oxygen atoms in total. The quantitative estimate of drug-likeness (QED) is 0.660. The van der Waals surface area contributed by atoms with Gasteiger partial charge in [-0.05, 0) is 31.2 Å². The summed E-state index contributed by atoms with van der Waals surface area (Å²) < 4.78 is 0. The van der Waals surface area contributed by atoms with Gasteiger partial charge in [0, 0.05) is 12.1 Å². The van der Waals surface area contributed by atoms with Crippen molar-refractivity contribution >= 4 is 5.91 Å². The second-order valence-electron chi connectivity index (χ2n) is 2.69. The summed E-state index contributed by atoms with van der Waals surface area (Å²) in [7, 11) is 0. The van der Waals surface area contributed by atoms with E-state index in [9.17, 15) is 4.79 Å². The lowest BCUT2D eigenvalue weighted by molar-refractivity contribution is 0.0953. The first-order chi connectivity index (χ1) is 6.34. The van der Waals surface area contributed by atoms with Crippen LogP contribution in [0.3, 0.4) is 0 Å². The minimum atomic E-state index is -0.0533. The summed E-state index contributed by atoms with van der Waals surface area (Å²) in [6.45, 7) is 1.23. The summed E-state index contributed by atoms with van der Waals surface area (Å²) in [5.74, 6) is -0.0533. The first kappa shape index (κ1) is 9.74. The van der Waals surface area contributed by atoms with E-state index in [1.54, 1.807) is 24.3 Å². The van der Waals surface area contributed by atoms with Gasteiger partial charge in [-0.3, -0.25) is 4.79 Å². The molecule has 1 aromatic carbocycles. The van der Waals surface area contributed by atoms with Crippen molar-refractivity contribution in [2.24, 2.45) is 5.73 Å². The molecule has 0 unspecified atom stereocenters. The van der Waals surface area contributed by atoms with Crippen LogP contribution in [0.25, 0.3) is 0 Å². The maximum Gasteiger partial charge on any atom is 0.251 e. The third kappa shape index (κ3) is 3.25. The van der Waals surface area contributed by atoms with Crippen LogP contribution in [0.15, 0.2) is 24.3 Å². The first-order valence-corrected chi connectivity index (χ1v) is 4.29. The molecule has 1 rings (SSSR count). The maximum atomic E-state index is 11.4. The van der Waals surface area contributed by atoms with E-state index in [0.29, 0.717) is 18.7 Å². The number of hydrogen-bond donors (Lipinski definition) is 2. The van der Waals surface area contributed by atoms with Crippen molar-refractivity contribution in [1.82, 2.24) is 5.32 Å². The summed E-state index contributed by atoms with van der Waals surface area (Å²) in [5, 5.41) is 2.77. The molecule has 0 aromatic heterocycles. The topological polar surface area (TPSA) is 55.1 Å². The van der Waals surface area contributed by atoms with E-state index in [-0.39, 0.29) is 5.91 Å². The van der Waals surface area contributed by atoms with Gasteiger partial charge in [0.15, 0.2) is 0 Å². The fraction of sp³-hybridized carbons (Fsp3) is 0.300. The van der Waals surface area contributed by atoms with E-state index < -0.39 is 0 Å². The minimum Gasteiger partial charge on any atom is -0.352 e. The summed E-state index contributed by atoms with van der Waals surface area (Å²) in [5.41, 5.74) is 5.96. The Kier molecular flexibility index (Phi) is 3.99. The lowest BCUT2D eigenvalue weighted by atomic mass is 10.2. The van der Waals surface area contributed by atoms with Crippen LogP contribution in [-0.4, -0.2) is 19.0 Å². The average molecular weight is 177 g/mol. The zero-order valence-corrected chi connectivity index (χ0v) is 7.42. The SMILES string of the molecule is NCCCNC(=O)c1cc[c]cc1. The highest BCUT2D eigenvalue weighted by molar-refractivity contribution is 5.94. The number of rotatable bonds is 4. The van der Waals surface area contributed by atoms with E-state index in [4.69, 9.17) is 5.73 Å². The molecule has 0 saturated heterocycles. The molecule has 3 heteroatoms. The van der Waals surface area contributed by atoms with Gasteiger partial charge >= 0.3 is 0 Å².